The summed E-state index contributed by atoms with van der Waals surface area (Å²) in [6.07, 6.45) is 10.7. The van der Waals surface area contributed by atoms with Crippen LogP contribution in [0.25, 0.3) is 0 Å². The third-order valence-corrected chi connectivity index (χ3v) is 5.00. The SMILES string of the molecule is CNC1CC2CCC(C1)N2CCCCSC. The smallest absolute Gasteiger partial charge is 0.0114 e. The minimum atomic E-state index is 0.792. The van der Waals surface area contributed by atoms with Gasteiger partial charge >= 0.3 is 0 Å². The quantitative estimate of drug-likeness (QED) is 0.720. The zero-order chi connectivity index (χ0) is 11.4. The summed E-state index contributed by atoms with van der Waals surface area (Å²) in [5, 5.41) is 3.47. The molecule has 2 fully saturated rings. The second-order valence-electron chi connectivity index (χ2n) is 5.28. The Morgan fingerprint density at radius 3 is 2.44 bits per heavy atom. The molecule has 2 heterocycles. The Balaban J connectivity index is 1.75. The molecule has 0 saturated carbocycles. The maximum absolute atomic E-state index is 3.47. The van der Waals surface area contributed by atoms with E-state index < -0.39 is 0 Å². The van der Waals surface area contributed by atoms with E-state index in [1.54, 1.807) is 0 Å². The Morgan fingerprint density at radius 2 is 1.88 bits per heavy atom. The number of nitrogens with one attached hydrogen (secondary N) is 1. The molecule has 2 atom stereocenters. The number of hydrogen-bond donors (Lipinski definition) is 1. The molecule has 0 aromatic rings. The monoisotopic (exact) mass is 242 g/mol. The second-order valence-corrected chi connectivity index (χ2v) is 6.27. The lowest BCUT2D eigenvalue weighted by Gasteiger charge is -2.39. The summed E-state index contributed by atoms with van der Waals surface area (Å²) in [6, 6.07) is 2.58. The third kappa shape index (κ3) is 2.93. The number of piperidine rings is 1. The Morgan fingerprint density at radius 1 is 1.19 bits per heavy atom. The number of fused-ring (bicyclic) bond motifs is 2. The van der Waals surface area contributed by atoms with Crippen LogP contribution in [0.4, 0.5) is 0 Å². The maximum Gasteiger partial charge on any atom is 0.0114 e. The molecule has 0 spiro atoms. The van der Waals surface area contributed by atoms with Crippen LogP contribution in [0.3, 0.4) is 0 Å². The molecule has 3 heteroatoms. The average molecular weight is 242 g/mol. The zero-order valence-electron chi connectivity index (χ0n) is 10.7. The number of rotatable bonds is 6. The van der Waals surface area contributed by atoms with Crippen molar-refractivity contribution in [3.8, 4) is 0 Å². The van der Waals surface area contributed by atoms with Crippen molar-refractivity contribution in [1.82, 2.24) is 10.2 Å². The van der Waals surface area contributed by atoms with Gasteiger partial charge in [-0.2, -0.15) is 11.8 Å². The normalized spacial score (nSPS) is 34.5. The van der Waals surface area contributed by atoms with Gasteiger partial charge < -0.3 is 5.32 Å². The molecule has 0 radical (unpaired) electrons. The second kappa shape index (κ2) is 6.27. The van der Waals surface area contributed by atoms with Gasteiger partial charge in [-0.3, -0.25) is 4.90 Å². The molecule has 0 amide bonds. The van der Waals surface area contributed by atoms with Crippen molar-refractivity contribution in [3.63, 3.8) is 0 Å². The van der Waals surface area contributed by atoms with Crippen LogP contribution < -0.4 is 5.32 Å². The van der Waals surface area contributed by atoms with E-state index in [1.807, 2.05) is 11.8 Å². The maximum atomic E-state index is 3.47. The summed E-state index contributed by atoms with van der Waals surface area (Å²) in [5.74, 6) is 1.34. The molecule has 0 aliphatic carbocycles. The fourth-order valence-electron chi connectivity index (χ4n) is 3.42. The lowest BCUT2D eigenvalue weighted by Crippen LogP contribution is -2.48. The van der Waals surface area contributed by atoms with E-state index in [0.29, 0.717) is 0 Å². The first-order chi connectivity index (χ1) is 7.85. The summed E-state index contributed by atoms with van der Waals surface area (Å²) in [6.45, 7) is 1.35. The van der Waals surface area contributed by atoms with Crippen LogP contribution >= 0.6 is 11.8 Å². The highest BCUT2D eigenvalue weighted by Gasteiger charge is 2.39. The van der Waals surface area contributed by atoms with Gasteiger partial charge in [-0.25, -0.2) is 0 Å². The van der Waals surface area contributed by atoms with Gasteiger partial charge in [-0.1, -0.05) is 0 Å². The Hall–Kier alpha value is 0.270. The Labute approximate surface area is 105 Å². The minimum Gasteiger partial charge on any atom is -0.317 e. The van der Waals surface area contributed by atoms with Crippen molar-refractivity contribution >= 4 is 11.8 Å². The molecule has 2 nitrogen and oxygen atoms in total. The number of nitrogens with zero attached hydrogens (tertiary/aromatic N) is 1. The van der Waals surface area contributed by atoms with Gasteiger partial charge in [0.1, 0.15) is 0 Å². The first-order valence-electron chi connectivity index (χ1n) is 6.77. The highest BCUT2D eigenvalue weighted by atomic mass is 32.2. The van der Waals surface area contributed by atoms with E-state index in [9.17, 15) is 0 Å². The summed E-state index contributed by atoms with van der Waals surface area (Å²) in [5.41, 5.74) is 0. The molecule has 2 bridgehead atoms. The average Bonchev–Trinajstić information content (AvgIpc) is 2.55. The zero-order valence-corrected chi connectivity index (χ0v) is 11.6. The van der Waals surface area contributed by atoms with Crippen LogP contribution in [0, 0.1) is 0 Å². The predicted molar refractivity (Wildman–Crippen MR) is 73.2 cm³/mol. The number of unbranched alkanes of at least 4 members (excludes halogenated alkanes) is 1. The van der Waals surface area contributed by atoms with Gasteiger partial charge in [0.2, 0.25) is 0 Å². The topological polar surface area (TPSA) is 15.3 Å². The molecule has 2 saturated heterocycles. The van der Waals surface area contributed by atoms with E-state index in [0.717, 1.165) is 18.1 Å². The summed E-state index contributed by atoms with van der Waals surface area (Å²) in [7, 11) is 2.12. The van der Waals surface area contributed by atoms with E-state index in [4.69, 9.17) is 0 Å². The lowest BCUT2D eigenvalue weighted by atomic mass is 9.97. The van der Waals surface area contributed by atoms with Gasteiger partial charge in [0.25, 0.3) is 0 Å². The summed E-state index contributed by atoms with van der Waals surface area (Å²) < 4.78 is 0. The van der Waals surface area contributed by atoms with E-state index >= 15 is 0 Å². The lowest BCUT2D eigenvalue weighted by molar-refractivity contribution is 0.118. The van der Waals surface area contributed by atoms with Crippen molar-refractivity contribution in [2.45, 2.75) is 56.7 Å². The summed E-state index contributed by atoms with van der Waals surface area (Å²) >= 11 is 1.98. The third-order valence-electron chi connectivity index (χ3n) is 4.31. The van der Waals surface area contributed by atoms with Crippen molar-refractivity contribution in [3.05, 3.63) is 0 Å². The van der Waals surface area contributed by atoms with Gasteiger partial charge in [-0.15, -0.1) is 0 Å². The van der Waals surface area contributed by atoms with Crippen LogP contribution in [0.15, 0.2) is 0 Å². The predicted octanol–water partition coefficient (Wildman–Crippen LogP) is 2.34. The van der Waals surface area contributed by atoms with Crippen LogP contribution in [0.1, 0.15) is 38.5 Å². The van der Waals surface area contributed by atoms with Crippen molar-refractivity contribution in [2.24, 2.45) is 0 Å². The van der Waals surface area contributed by atoms with Crippen molar-refractivity contribution in [2.75, 3.05) is 25.6 Å². The molecule has 0 aromatic heterocycles. The fraction of sp³-hybridized carbons (Fsp3) is 1.00. The molecule has 2 rings (SSSR count). The minimum absolute atomic E-state index is 0.792. The molecular formula is C13H26N2S. The van der Waals surface area contributed by atoms with Crippen LogP contribution in [-0.2, 0) is 0 Å². The molecule has 16 heavy (non-hydrogen) atoms. The highest BCUT2D eigenvalue weighted by molar-refractivity contribution is 7.98. The standard InChI is InChI=1S/C13H26N2S/c1-14-11-9-12-5-6-13(10-11)15(12)7-3-4-8-16-2/h11-14H,3-10H2,1-2H3. The van der Waals surface area contributed by atoms with Crippen molar-refractivity contribution < 1.29 is 0 Å². The molecule has 2 unspecified atom stereocenters. The van der Waals surface area contributed by atoms with Crippen molar-refractivity contribution in [1.29, 1.82) is 0 Å². The Kier molecular flexibility index (Phi) is 4.98. The fourth-order valence-corrected chi connectivity index (χ4v) is 3.91. The molecule has 2 aliphatic rings. The van der Waals surface area contributed by atoms with Crippen LogP contribution in [-0.4, -0.2) is 48.6 Å². The van der Waals surface area contributed by atoms with E-state index in [-0.39, 0.29) is 0 Å². The van der Waals surface area contributed by atoms with E-state index in [2.05, 4.69) is 23.5 Å². The van der Waals surface area contributed by atoms with Gasteiger partial charge in [-0.05, 0) is 64.1 Å². The van der Waals surface area contributed by atoms with Gasteiger partial charge in [0, 0.05) is 18.1 Å². The molecular weight excluding hydrogens is 216 g/mol. The number of hydrogen-bond acceptors (Lipinski definition) is 3. The van der Waals surface area contributed by atoms with Crippen LogP contribution in [0.5, 0.6) is 0 Å². The molecule has 2 aliphatic heterocycles. The first-order valence-corrected chi connectivity index (χ1v) is 8.16. The highest BCUT2D eigenvalue weighted by Crippen LogP contribution is 2.35. The van der Waals surface area contributed by atoms with Crippen LogP contribution in [0.2, 0.25) is 0 Å². The van der Waals surface area contributed by atoms with Gasteiger partial charge in [0.15, 0.2) is 0 Å². The van der Waals surface area contributed by atoms with Gasteiger partial charge in [0.05, 0.1) is 0 Å². The molecule has 1 N–H and O–H groups in total. The molecule has 94 valence electrons. The Bertz CT molecular complexity index is 196. The first kappa shape index (κ1) is 12.7. The van der Waals surface area contributed by atoms with E-state index in [1.165, 1.54) is 50.8 Å². The molecule has 0 aromatic carbocycles. The largest absolute Gasteiger partial charge is 0.317 e. The number of thioether (sulfide) groups is 1. The summed E-state index contributed by atoms with van der Waals surface area (Å²) in [4.78, 5) is 2.81.